The monoisotopic (exact) mass is 259 g/mol. The van der Waals surface area contributed by atoms with Crippen molar-refractivity contribution in [2.75, 3.05) is 12.0 Å². The highest BCUT2D eigenvalue weighted by Gasteiger charge is 2.25. The van der Waals surface area contributed by atoms with Gasteiger partial charge >= 0.3 is 5.97 Å². The number of carbonyl (C=O) groups excluding carboxylic acids is 1. The van der Waals surface area contributed by atoms with Gasteiger partial charge in [-0.2, -0.15) is 11.8 Å². The number of hydrogen-bond donors (Lipinski definition) is 1. The molecule has 0 bridgehead atoms. The average molecular weight is 259 g/mol. The van der Waals surface area contributed by atoms with Gasteiger partial charge in [-0.1, -0.05) is 19.8 Å². The molecule has 1 saturated carbocycles. The zero-order chi connectivity index (χ0) is 12.7. The fourth-order valence-corrected chi connectivity index (χ4v) is 2.82. The predicted octanol–water partition coefficient (Wildman–Crippen LogP) is 2.58. The third kappa shape index (κ3) is 5.30. The minimum atomic E-state index is -0.440. The van der Waals surface area contributed by atoms with Crippen molar-refractivity contribution in [3.63, 3.8) is 0 Å². The Bertz CT molecular complexity index is 235. The molecule has 1 aliphatic carbocycles. The standard InChI is InChI=1S/C13H25NO2S/c1-3-10-5-4-6-11(9-10)16-13(15)12(14)7-8-17-2/h10-12H,3-9,14H2,1-2H3/t10?,11?,12-/m0/s1. The highest BCUT2D eigenvalue weighted by atomic mass is 32.2. The molecule has 0 aromatic heterocycles. The van der Waals surface area contributed by atoms with Crippen LogP contribution in [0.1, 0.15) is 45.4 Å². The molecule has 0 radical (unpaired) electrons. The fraction of sp³-hybridized carbons (Fsp3) is 0.923. The highest BCUT2D eigenvalue weighted by Crippen LogP contribution is 2.28. The molecule has 0 aromatic carbocycles. The van der Waals surface area contributed by atoms with Crippen molar-refractivity contribution in [1.29, 1.82) is 0 Å². The SMILES string of the molecule is CCC1CCCC(OC(=O)[C@@H](N)CCSC)C1. The van der Waals surface area contributed by atoms with E-state index in [0.29, 0.717) is 6.42 Å². The topological polar surface area (TPSA) is 52.3 Å². The molecule has 3 nitrogen and oxygen atoms in total. The van der Waals surface area contributed by atoms with E-state index in [4.69, 9.17) is 10.5 Å². The van der Waals surface area contributed by atoms with E-state index in [1.165, 1.54) is 19.3 Å². The van der Waals surface area contributed by atoms with Crippen LogP contribution >= 0.6 is 11.8 Å². The van der Waals surface area contributed by atoms with Gasteiger partial charge < -0.3 is 10.5 Å². The lowest BCUT2D eigenvalue weighted by atomic mass is 9.85. The third-order valence-corrected chi connectivity index (χ3v) is 4.17. The second kappa shape index (κ2) is 7.98. The smallest absolute Gasteiger partial charge is 0.323 e. The first-order chi connectivity index (χ1) is 8.17. The van der Waals surface area contributed by atoms with Crippen molar-refractivity contribution in [1.82, 2.24) is 0 Å². The molecule has 1 fully saturated rings. The van der Waals surface area contributed by atoms with Crippen LogP contribution in [-0.4, -0.2) is 30.1 Å². The van der Waals surface area contributed by atoms with Crippen LogP contribution in [-0.2, 0) is 9.53 Å². The molecule has 0 amide bonds. The van der Waals surface area contributed by atoms with Crippen LogP contribution < -0.4 is 5.73 Å². The first kappa shape index (κ1) is 14.8. The molecule has 4 heteroatoms. The Balaban J connectivity index is 2.29. The number of nitrogens with two attached hydrogens (primary N) is 1. The molecule has 0 aromatic rings. The van der Waals surface area contributed by atoms with Gasteiger partial charge in [0.15, 0.2) is 0 Å². The van der Waals surface area contributed by atoms with Crippen LogP contribution in [0.3, 0.4) is 0 Å². The Morgan fingerprint density at radius 3 is 2.94 bits per heavy atom. The Morgan fingerprint density at radius 1 is 1.53 bits per heavy atom. The Kier molecular flexibility index (Phi) is 6.97. The van der Waals surface area contributed by atoms with Gasteiger partial charge in [0.1, 0.15) is 12.1 Å². The van der Waals surface area contributed by atoms with Gasteiger partial charge in [-0.25, -0.2) is 0 Å². The first-order valence-corrected chi connectivity index (χ1v) is 8.01. The van der Waals surface area contributed by atoms with Crippen molar-refractivity contribution in [3.8, 4) is 0 Å². The lowest BCUT2D eigenvalue weighted by molar-refractivity contribution is -0.153. The van der Waals surface area contributed by atoms with Crippen molar-refractivity contribution in [2.24, 2.45) is 11.7 Å². The Hall–Kier alpha value is -0.220. The summed E-state index contributed by atoms with van der Waals surface area (Å²) >= 11 is 1.71. The predicted molar refractivity (Wildman–Crippen MR) is 73.1 cm³/mol. The zero-order valence-electron chi connectivity index (χ0n) is 11.0. The van der Waals surface area contributed by atoms with Crippen LogP contribution in [0.25, 0.3) is 0 Å². The number of rotatable bonds is 6. The van der Waals surface area contributed by atoms with E-state index in [1.54, 1.807) is 11.8 Å². The molecule has 2 N–H and O–H groups in total. The molecule has 1 rings (SSSR count). The summed E-state index contributed by atoms with van der Waals surface area (Å²) in [4.78, 5) is 11.8. The van der Waals surface area contributed by atoms with Crippen LogP contribution in [0.15, 0.2) is 0 Å². The van der Waals surface area contributed by atoms with Crippen molar-refractivity contribution in [3.05, 3.63) is 0 Å². The number of carbonyl (C=O) groups is 1. The number of ether oxygens (including phenoxy) is 1. The number of esters is 1. The van der Waals surface area contributed by atoms with Crippen LogP contribution in [0.2, 0.25) is 0 Å². The summed E-state index contributed by atoms with van der Waals surface area (Å²) in [7, 11) is 0. The highest BCUT2D eigenvalue weighted by molar-refractivity contribution is 7.98. The fourth-order valence-electron chi connectivity index (χ4n) is 2.33. The molecule has 100 valence electrons. The van der Waals surface area contributed by atoms with E-state index in [-0.39, 0.29) is 12.1 Å². The molecule has 0 aliphatic heterocycles. The maximum atomic E-state index is 11.8. The van der Waals surface area contributed by atoms with Gasteiger partial charge in [0.25, 0.3) is 0 Å². The van der Waals surface area contributed by atoms with Gasteiger partial charge in [0.05, 0.1) is 0 Å². The molecular formula is C13H25NO2S. The molecule has 17 heavy (non-hydrogen) atoms. The normalized spacial score (nSPS) is 26.5. The van der Waals surface area contributed by atoms with E-state index in [1.807, 2.05) is 6.26 Å². The van der Waals surface area contributed by atoms with Crippen LogP contribution in [0.5, 0.6) is 0 Å². The molecule has 2 unspecified atom stereocenters. The van der Waals surface area contributed by atoms with E-state index in [9.17, 15) is 4.79 Å². The Labute approximate surface area is 109 Å². The van der Waals surface area contributed by atoms with Gasteiger partial charge in [-0.15, -0.1) is 0 Å². The lowest BCUT2D eigenvalue weighted by Crippen LogP contribution is -2.36. The van der Waals surface area contributed by atoms with E-state index < -0.39 is 6.04 Å². The Morgan fingerprint density at radius 2 is 2.29 bits per heavy atom. The quantitative estimate of drug-likeness (QED) is 0.745. The minimum Gasteiger partial charge on any atom is -0.461 e. The molecule has 0 spiro atoms. The summed E-state index contributed by atoms with van der Waals surface area (Å²) in [6.07, 6.45) is 8.53. The summed E-state index contributed by atoms with van der Waals surface area (Å²) in [6, 6.07) is -0.440. The molecule has 3 atom stereocenters. The van der Waals surface area contributed by atoms with Gasteiger partial charge in [0.2, 0.25) is 0 Å². The van der Waals surface area contributed by atoms with Crippen LogP contribution in [0.4, 0.5) is 0 Å². The molecule has 0 saturated heterocycles. The van der Waals surface area contributed by atoms with E-state index >= 15 is 0 Å². The van der Waals surface area contributed by atoms with Gasteiger partial charge in [-0.3, -0.25) is 4.79 Å². The molecular weight excluding hydrogens is 234 g/mol. The largest absolute Gasteiger partial charge is 0.461 e. The average Bonchev–Trinajstić information content (AvgIpc) is 2.36. The van der Waals surface area contributed by atoms with E-state index in [0.717, 1.165) is 24.5 Å². The maximum absolute atomic E-state index is 11.8. The zero-order valence-corrected chi connectivity index (χ0v) is 11.8. The summed E-state index contributed by atoms with van der Waals surface area (Å²) in [5.41, 5.74) is 5.80. The van der Waals surface area contributed by atoms with Crippen molar-refractivity contribution < 1.29 is 9.53 Å². The summed E-state index contributed by atoms with van der Waals surface area (Å²) in [5, 5.41) is 0. The summed E-state index contributed by atoms with van der Waals surface area (Å²) in [5.74, 6) is 1.43. The first-order valence-electron chi connectivity index (χ1n) is 6.62. The number of hydrogen-bond acceptors (Lipinski definition) is 4. The second-order valence-corrected chi connectivity index (χ2v) is 5.87. The summed E-state index contributed by atoms with van der Waals surface area (Å²) < 4.78 is 5.51. The van der Waals surface area contributed by atoms with E-state index in [2.05, 4.69) is 6.92 Å². The van der Waals surface area contributed by atoms with Gasteiger partial charge in [-0.05, 0) is 43.6 Å². The minimum absolute atomic E-state index is 0.113. The van der Waals surface area contributed by atoms with Gasteiger partial charge in [0, 0.05) is 0 Å². The maximum Gasteiger partial charge on any atom is 0.323 e. The second-order valence-electron chi connectivity index (χ2n) is 4.89. The molecule has 0 heterocycles. The third-order valence-electron chi connectivity index (χ3n) is 3.53. The van der Waals surface area contributed by atoms with Crippen LogP contribution in [0, 0.1) is 5.92 Å². The summed E-state index contributed by atoms with van der Waals surface area (Å²) in [6.45, 7) is 2.21. The van der Waals surface area contributed by atoms with Crippen molar-refractivity contribution >= 4 is 17.7 Å². The number of thioether (sulfide) groups is 1. The lowest BCUT2D eigenvalue weighted by Gasteiger charge is -2.28. The van der Waals surface area contributed by atoms with Crippen molar-refractivity contribution in [2.45, 2.75) is 57.6 Å². The molecule has 1 aliphatic rings.